The van der Waals surface area contributed by atoms with Gasteiger partial charge in [0.05, 0.1) is 0 Å². The first kappa shape index (κ1) is 13.8. The lowest BCUT2D eigenvalue weighted by molar-refractivity contribution is -0.132. The van der Waals surface area contributed by atoms with Gasteiger partial charge in [-0.15, -0.1) is 0 Å². The zero-order chi connectivity index (χ0) is 14.0. The lowest BCUT2D eigenvalue weighted by Crippen LogP contribution is -2.53. The van der Waals surface area contributed by atoms with Crippen molar-refractivity contribution in [3.05, 3.63) is 0 Å². The average molecular weight is 280 g/mol. The highest BCUT2D eigenvalue weighted by atomic mass is 16.2. The second kappa shape index (κ2) is 5.69. The lowest BCUT2D eigenvalue weighted by atomic mass is 9.88. The van der Waals surface area contributed by atoms with Gasteiger partial charge in [-0.2, -0.15) is 0 Å². The van der Waals surface area contributed by atoms with Crippen LogP contribution in [-0.4, -0.2) is 66.5 Å². The van der Waals surface area contributed by atoms with E-state index in [1.54, 1.807) is 0 Å². The third-order valence-electron chi connectivity index (χ3n) is 4.76. The van der Waals surface area contributed by atoms with Crippen LogP contribution in [0.4, 0.5) is 4.79 Å². The van der Waals surface area contributed by atoms with Crippen LogP contribution < -0.4 is 10.6 Å². The van der Waals surface area contributed by atoms with E-state index in [0.29, 0.717) is 19.4 Å². The van der Waals surface area contributed by atoms with Gasteiger partial charge < -0.3 is 15.5 Å². The number of amides is 3. The minimum atomic E-state index is -0.615. The van der Waals surface area contributed by atoms with Gasteiger partial charge in [0, 0.05) is 6.54 Å². The molecule has 0 aliphatic carbocycles. The smallest absolute Gasteiger partial charge is 0.323 e. The molecule has 0 bridgehead atoms. The predicted molar refractivity (Wildman–Crippen MR) is 75.4 cm³/mol. The number of hydrogen-bond acceptors (Lipinski definition) is 4. The average Bonchev–Trinajstić information content (AvgIpc) is 3.03. The van der Waals surface area contributed by atoms with Crippen molar-refractivity contribution >= 4 is 11.9 Å². The molecule has 112 valence electrons. The Morgan fingerprint density at radius 3 is 2.45 bits per heavy atom. The summed E-state index contributed by atoms with van der Waals surface area (Å²) in [4.78, 5) is 28.4. The number of nitrogens with zero attached hydrogens (tertiary/aromatic N) is 2. The molecule has 0 aromatic carbocycles. The summed E-state index contributed by atoms with van der Waals surface area (Å²) in [5.74, 6) is -0.00887. The van der Waals surface area contributed by atoms with Crippen LogP contribution in [0.15, 0.2) is 0 Å². The third kappa shape index (κ3) is 2.54. The van der Waals surface area contributed by atoms with Crippen molar-refractivity contribution < 1.29 is 9.59 Å². The third-order valence-corrected chi connectivity index (χ3v) is 4.76. The zero-order valence-corrected chi connectivity index (χ0v) is 12.0. The maximum absolute atomic E-state index is 12.5. The quantitative estimate of drug-likeness (QED) is 0.719. The molecule has 20 heavy (non-hydrogen) atoms. The first-order valence-corrected chi connectivity index (χ1v) is 7.78. The summed E-state index contributed by atoms with van der Waals surface area (Å²) in [6.45, 7) is 5.47. The molecule has 3 saturated heterocycles. The van der Waals surface area contributed by atoms with Gasteiger partial charge in [-0.1, -0.05) is 0 Å². The van der Waals surface area contributed by atoms with E-state index in [9.17, 15) is 9.59 Å². The van der Waals surface area contributed by atoms with Gasteiger partial charge >= 0.3 is 6.03 Å². The molecule has 3 amide bonds. The topological polar surface area (TPSA) is 64.7 Å². The van der Waals surface area contributed by atoms with Gasteiger partial charge in [0.1, 0.15) is 5.54 Å². The molecule has 0 aromatic rings. The Hall–Kier alpha value is -1.14. The Morgan fingerprint density at radius 2 is 1.75 bits per heavy atom. The number of carbonyl (C=O) groups is 2. The molecule has 0 atom stereocenters. The standard InChI is InChI=1S/C14H24N4O2/c19-12-14(4-6-15-7-5-14)16-13(20)18(12)11-3-10-17-8-1-2-9-17/h15H,1-11H2,(H,16,20). The summed E-state index contributed by atoms with van der Waals surface area (Å²) >= 11 is 0. The number of carbonyl (C=O) groups excluding carboxylic acids is 2. The molecule has 3 fully saturated rings. The predicted octanol–water partition coefficient (Wildman–Crippen LogP) is 0.146. The molecule has 2 N–H and O–H groups in total. The van der Waals surface area contributed by atoms with Gasteiger partial charge in [0.2, 0.25) is 0 Å². The highest BCUT2D eigenvalue weighted by Gasteiger charge is 2.50. The normalized spacial score (nSPS) is 26.5. The Balaban J connectivity index is 1.53. The van der Waals surface area contributed by atoms with Crippen molar-refractivity contribution in [2.24, 2.45) is 0 Å². The fraction of sp³-hybridized carbons (Fsp3) is 0.857. The molecule has 6 nitrogen and oxygen atoms in total. The van der Waals surface area contributed by atoms with E-state index < -0.39 is 5.54 Å². The number of rotatable bonds is 4. The summed E-state index contributed by atoms with van der Waals surface area (Å²) in [5.41, 5.74) is -0.615. The summed E-state index contributed by atoms with van der Waals surface area (Å²) in [7, 11) is 0. The maximum Gasteiger partial charge on any atom is 0.325 e. The van der Waals surface area contributed by atoms with Crippen LogP contribution in [0.2, 0.25) is 0 Å². The highest BCUT2D eigenvalue weighted by Crippen LogP contribution is 2.27. The van der Waals surface area contributed by atoms with Crippen LogP contribution in [-0.2, 0) is 4.79 Å². The minimum absolute atomic E-state index is 0.00887. The molecular weight excluding hydrogens is 256 g/mol. The van der Waals surface area contributed by atoms with E-state index >= 15 is 0 Å². The molecule has 1 spiro atoms. The van der Waals surface area contributed by atoms with Crippen molar-refractivity contribution in [2.45, 2.75) is 37.6 Å². The Kier molecular flexibility index (Phi) is 3.94. The van der Waals surface area contributed by atoms with Crippen LogP contribution in [0.1, 0.15) is 32.1 Å². The summed E-state index contributed by atoms with van der Waals surface area (Å²) in [6, 6.07) is -0.196. The Bertz CT molecular complexity index is 387. The summed E-state index contributed by atoms with van der Waals surface area (Å²) in [5, 5.41) is 6.17. The number of imide groups is 1. The van der Waals surface area contributed by atoms with Gasteiger partial charge in [-0.05, 0) is 64.8 Å². The molecule has 0 aromatic heterocycles. The molecule has 0 saturated carbocycles. The van der Waals surface area contributed by atoms with E-state index in [2.05, 4.69) is 15.5 Å². The molecule has 0 radical (unpaired) electrons. The first-order valence-electron chi connectivity index (χ1n) is 7.78. The summed E-state index contributed by atoms with van der Waals surface area (Å²) < 4.78 is 0. The number of urea groups is 1. The Labute approximate surface area is 119 Å². The van der Waals surface area contributed by atoms with Gasteiger partial charge in [0.15, 0.2) is 0 Å². The zero-order valence-electron chi connectivity index (χ0n) is 12.0. The van der Waals surface area contributed by atoms with Crippen molar-refractivity contribution in [2.75, 3.05) is 39.3 Å². The molecule has 3 aliphatic rings. The second-order valence-electron chi connectivity index (χ2n) is 6.12. The van der Waals surface area contributed by atoms with E-state index in [1.807, 2.05) is 0 Å². The molecule has 3 rings (SSSR count). The van der Waals surface area contributed by atoms with Gasteiger partial charge in [-0.25, -0.2) is 4.79 Å². The monoisotopic (exact) mass is 280 g/mol. The SMILES string of the molecule is O=C1NC2(CCNCC2)C(=O)N1CCCN1CCCC1. The van der Waals surface area contributed by atoms with E-state index in [0.717, 1.165) is 39.1 Å². The molecule has 3 heterocycles. The first-order chi connectivity index (χ1) is 9.71. The van der Waals surface area contributed by atoms with Crippen molar-refractivity contribution in [1.82, 2.24) is 20.4 Å². The number of hydrogen-bond donors (Lipinski definition) is 2. The van der Waals surface area contributed by atoms with Gasteiger partial charge in [0.25, 0.3) is 5.91 Å². The molecule has 6 heteroatoms. The summed E-state index contributed by atoms with van der Waals surface area (Å²) in [6.07, 6.45) is 4.85. The largest absolute Gasteiger partial charge is 0.325 e. The second-order valence-corrected chi connectivity index (χ2v) is 6.12. The van der Waals surface area contributed by atoms with Crippen LogP contribution in [0.5, 0.6) is 0 Å². The Morgan fingerprint density at radius 1 is 1.05 bits per heavy atom. The van der Waals surface area contributed by atoms with Crippen LogP contribution >= 0.6 is 0 Å². The number of likely N-dealkylation sites (tertiary alicyclic amines) is 1. The molecule has 3 aliphatic heterocycles. The molecular formula is C14H24N4O2. The maximum atomic E-state index is 12.5. The minimum Gasteiger partial charge on any atom is -0.323 e. The van der Waals surface area contributed by atoms with Crippen LogP contribution in [0.25, 0.3) is 0 Å². The van der Waals surface area contributed by atoms with E-state index in [1.165, 1.54) is 17.7 Å². The van der Waals surface area contributed by atoms with Crippen molar-refractivity contribution in [3.8, 4) is 0 Å². The van der Waals surface area contributed by atoms with Crippen molar-refractivity contribution in [3.63, 3.8) is 0 Å². The lowest BCUT2D eigenvalue weighted by Gasteiger charge is -2.31. The number of nitrogens with one attached hydrogen (secondary N) is 2. The van der Waals surface area contributed by atoms with Gasteiger partial charge in [-0.3, -0.25) is 9.69 Å². The molecule has 0 unspecified atom stereocenters. The van der Waals surface area contributed by atoms with Crippen LogP contribution in [0.3, 0.4) is 0 Å². The number of piperidine rings is 1. The fourth-order valence-electron chi connectivity index (χ4n) is 3.53. The van der Waals surface area contributed by atoms with E-state index in [-0.39, 0.29) is 11.9 Å². The van der Waals surface area contributed by atoms with E-state index in [4.69, 9.17) is 0 Å². The van der Waals surface area contributed by atoms with Crippen LogP contribution in [0, 0.1) is 0 Å². The highest BCUT2D eigenvalue weighted by molar-refractivity contribution is 6.07. The van der Waals surface area contributed by atoms with Crippen molar-refractivity contribution in [1.29, 1.82) is 0 Å². The fourth-order valence-corrected chi connectivity index (χ4v) is 3.53.